The first-order valence-corrected chi connectivity index (χ1v) is 9.94. The molecule has 5 heteroatoms. The molecule has 0 saturated carbocycles. The lowest BCUT2D eigenvalue weighted by Crippen LogP contribution is -2.27. The van der Waals surface area contributed by atoms with Gasteiger partial charge < -0.3 is 9.47 Å². The zero-order valence-electron chi connectivity index (χ0n) is 16.7. The van der Waals surface area contributed by atoms with Gasteiger partial charge in [0, 0.05) is 18.7 Å². The quantitative estimate of drug-likeness (QED) is 0.456. The van der Waals surface area contributed by atoms with Crippen LogP contribution in [0.5, 0.6) is 0 Å². The Morgan fingerprint density at radius 3 is 2.29 bits per heavy atom. The molecule has 2 heterocycles. The van der Waals surface area contributed by atoms with Gasteiger partial charge in [0.05, 0.1) is 16.7 Å². The van der Waals surface area contributed by atoms with Gasteiger partial charge in [0.2, 0.25) is 11.6 Å². The molecule has 0 fully saturated rings. The molecule has 0 aliphatic heterocycles. The van der Waals surface area contributed by atoms with E-state index in [2.05, 4.69) is 35.4 Å². The van der Waals surface area contributed by atoms with Crippen molar-refractivity contribution in [1.29, 1.82) is 0 Å². The van der Waals surface area contributed by atoms with Crippen LogP contribution in [0.15, 0.2) is 54.6 Å². The fourth-order valence-electron chi connectivity index (χ4n) is 3.91. The number of ketones is 1. The number of nitrogens with zero attached hydrogens (tertiary/aromatic N) is 4. The normalized spacial score (nSPS) is 11.7. The number of rotatable bonds is 7. The molecule has 5 nitrogen and oxygen atoms in total. The summed E-state index contributed by atoms with van der Waals surface area (Å²) < 4.78 is 4.27. The second kappa shape index (κ2) is 7.60. The Labute approximate surface area is 165 Å². The standard InChI is InChI=1S/C23H26N4O/c1-4-25(5-2)15-16-26-19-13-9-10-14-20(19)27-21(17(3)24-23(26)27)22(28)18-11-7-6-8-12-18/h6-14H,4-5,15-16H2,1-3H3. The Morgan fingerprint density at radius 1 is 0.964 bits per heavy atom. The summed E-state index contributed by atoms with van der Waals surface area (Å²) in [5.41, 5.74) is 4.24. The van der Waals surface area contributed by atoms with Crippen molar-refractivity contribution in [2.24, 2.45) is 0 Å². The van der Waals surface area contributed by atoms with Crippen LogP contribution in [0.2, 0.25) is 0 Å². The monoisotopic (exact) mass is 374 g/mol. The number of likely N-dealkylation sites (N-methyl/N-ethyl adjacent to an activating group) is 1. The van der Waals surface area contributed by atoms with Crippen molar-refractivity contribution in [3.8, 4) is 0 Å². The number of hydrogen-bond donors (Lipinski definition) is 0. The summed E-state index contributed by atoms with van der Waals surface area (Å²) in [7, 11) is 0. The van der Waals surface area contributed by atoms with E-state index in [1.165, 1.54) is 0 Å². The molecule has 28 heavy (non-hydrogen) atoms. The van der Waals surface area contributed by atoms with Crippen LogP contribution in [0.4, 0.5) is 0 Å². The molecular formula is C23H26N4O. The number of carbonyl (C=O) groups excluding carboxylic acids is 1. The maximum atomic E-state index is 13.3. The second-order valence-corrected chi connectivity index (χ2v) is 7.04. The van der Waals surface area contributed by atoms with Crippen LogP contribution < -0.4 is 0 Å². The number of imidazole rings is 2. The Morgan fingerprint density at radius 2 is 1.61 bits per heavy atom. The largest absolute Gasteiger partial charge is 0.308 e. The van der Waals surface area contributed by atoms with Crippen molar-refractivity contribution in [2.75, 3.05) is 19.6 Å². The van der Waals surface area contributed by atoms with Crippen LogP contribution in [0, 0.1) is 6.92 Å². The lowest BCUT2D eigenvalue weighted by atomic mass is 10.1. The first kappa shape index (κ1) is 18.4. The van der Waals surface area contributed by atoms with Gasteiger partial charge in [-0.25, -0.2) is 4.98 Å². The molecule has 4 rings (SSSR count). The summed E-state index contributed by atoms with van der Waals surface area (Å²) in [6, 6.07) is 17.7. The van der Waals surface area contributed by atoms with Crippen LogP contribution >= 0.6 is 0 Å². The number of hydrogen-bond acceptors (Lipinski definition) is 3. The molecule has 4 aromatic rings. The minimum atomic E-state index is 0.0113. The van der Waals surface area contributed by atoms with E-state index >= 15 is 0 Å². The van der Waals surface area contributed by atoms with Crippen molar-refractivity contribution >= 4 is 22.6 Å². The molecule has 0 saturated heterocycles. The molecule has 0 bridgehead atoms. The van der Waals surface area contributed by atoms with Gasteiger partial charge in [-0.1, -0.05) is 56.3 Å². The zero-order valence-corrected chi connectivity index (χ0v) is 16.7. The van der Waals surface area contributed by atoms with Gasteiger partial charge >= 0.3 is 0 Å². The van der Waals surface area contributed by atoms with Crippen molar-refractivity contribution in [1.82, 2.24) is 18.9 Å². The summed E-state index contributed by atoms with van der Waals surface area (Å²) in [4.78, 5) is 20.5. The minimum absolute atomic E-state index is 0.0113. The third-order valence-electron chi connectivity index (χ3n) is 5.47. The minimum Gasteiger partial charge on any atom is -0.308 e. The van der Waals surface area contributed by atoms with Crippen molar-refractivity contribution in [3.63, 3.8) is 0 Å². The molecule has 2 aromatic heterocycles. The summed E-state index contributed by atoms with van der Waals surface area (Å²) in [5.74, 6) is 0.849. The van der Waals surface area contributed by atoms with Gasteiger partial charge in [-0.3, -0.25) is 9.20 Å². The highest BCUT2D eigenvalue weighted by molar-refractivity contribution is 6.10. The molecule has 0 amide bonds. The van der Waals surface area contributed by atoms with E-state index in [1.807, 2.05) is 53.8 Å². The predicted molar refractivity (Wildman–Crippen MR) is 113 cm³/mol. The second-order valence-electron chi connectivity index (χ2n) is 7.04. The van der Waals surface area contributed by atoms with E-state index < -0.39 is 0 Å². The van der Waals surface area contributed by atoms with Gasteiger partial charge in [-0.05, 0) is 32.1 Å². The van der Waals surface area contributed by atoms with Crippen LogP contribution in [-0.2, 0) is 6.54 Å². The Kier molecular flexibility index (Phi) is 5.01. The van der Waals surface area contributed by atoms with Crippen molar-refractivity contribution in [3.05, 3.63) is 71.5 Å². The van der Waals surface area contributed by atoms with Crippen molar-refractivity contribution in [2.45, 2.75) is 27.3 Å². The van der Waals surface area contributed by atoms with Gasteiger partial charge in [0.15, 0.2) is 0 Å². The Balaban J connectivity index is 1.89. The topological polar surface area (TPSA) is 42.5 Å². The average Bonchev–Trinajstić information content (AvgIpc) is 3.22. The molecule has 144 valence electrons. The fraction of sp³-hybridized carbons (Fsp3) is 0.304. The number of benzene rings is 2. The molecule has 2 aromatic carbocycles. The number of fused-ring (bicyclic) bond motifs is 3. The molecule has 0 aliphatic carbocycles. The zero-order chi connectivity index (χ0) is 19.7. The van der Waals surface area contributed by atoms with Crippen LogP contribution in [0.1, 0.15) is 35.6 Å². The molecule has 0 unspecified atom stereocenters. The maximum absolute atomic E-state index is 13.3. The number of aromatic nitrogens is 3. The third-order valence-corrected chi connectivity index (χ3v) is 5.47. The number of para-hydroxylation sites is 2. The van der Waals surface area contributed by atoms with Crippen molar-refractivity contribution < 1.29 is 4.79 Å². The lowest BCUT2D eigenvalue weighted by molar-refractivity contribution is 0.103. The lowest BCUT2D eigenvalue weighted by Gasteiger charge is -2.18. The van der Waals surface area contributed by atoms with E-state index in [4.69, 9.17) is 4.98 Å². The van der Waals surface area contributed by atoms with E-state index in [0.29, 0.717) is 11.3 Å². The highest BCUT2D eigenvalue weighted by Gasteiger charge is 2.23. The molecule has 0 radical (unpaired) electrons. The third kappa shape index (κ3) is 3.02. The number of aryl methyl sites for hydroxylation is 1. The van der Waals surface area contributed by atoms with E-state index in [0.717, 1.165) is 48.7 Å². The van der Waals surface area contributed by atoms with E-state index in [-0.39, 0.29) is 5.78 Å². The molecule has 0 N–H and O–H groups in total. The van der Waals surface area contributed by atoms with E-state index in [9.17, 15) is 4.79 Å². The van der Waals surface area contributed by atoms with Gasteiger partial charge in [-0.2, -0.15) is 0 Å². The molecular weight excluding hydrogens is 348 g/mol. The van der Waals surface area contributed by atoms with Crippen LogP contribution in [0.25, 0.3) is 16.8 Å². The van der Waals surface area contributed by atoms with Gasteiger partial charge in [0.1, 0.15) is 5.69 Å². The highest BCUT2D eigenvalue weighted by atomic mass is 16.1. The Hall–Kier alpha value is -2.92. The highest BCUT2D eigenvalue weighted by Crippen LogP contribution is 2.26. The maximum Gasteiger partial charge on any atom is 0.215 e. The smallest absolute Gasteiger partial charge is 0.215 e. The van der Waals surface area contributed by atoms with Crippen LogP contribution in [-0.4, -0.2) is 44.3 Å². The summed E-state index contributed by atoms with van der Waals surface area (Å²) >= 11 is 0. The summed E-state index contributed by atoms with van der Waals surface area (Å²) in [5, 5.41) is 0. The Bertz CT molecular complexity index is 1120. The van der Waals surface area contributed by atoms with Crippen LogP contribution in [0.3, 0.4) is 0 Å². The molecule has 0 aliphatic rings. The predicted octanol–water partition coefficient (Wildman–Crippen LogP) is 4.17. The van der Waals surface area contributed by atoms with E-state index in [1.54, 1.807) is 0 Å². The molecule has 0 spiro atoms. The number of carbonyl (C=O) groups is 1. The fourth-order valence-corrected chi connectivity index (χ4v) is 3.91. The SMILES string of the molecule is CCN(CC)CCn1c2ccccc2n2c(C(=O)c3ccccc3)c(C)nc12. The molecule has 0 atom stereocenters. The average molecular weight is 374 g/mol. The van der Waals surface area contributed by atoms with Gasteiger partial charge in [-0.15, -0.1) is 0 Å². The van der Waals surface area contributed by atoms with Gasteiger partial charge in [0.25, 0.3) is 0 Å². The first-order valence-electron chi connectivity index (χ1n) is 9.94. The summed E-state index contributed by atoms with van der Waals surface area (Å²) in [6.07, 6.45) is 0. The first-order chi connectivity index (χ1) is 13.7. The summed E-state index contributed by atoms with van der Waals surface area (Å²) in [6.45, 7) is 10.1.